The Morgan fingerprint density at radius 1 is 1.09 bits per heavy atom. The molecule has 4 unspecified atom stereocenters. The molecule has 1 aliphatic heterocycles. The van der Waals surface area contributed by atoms with Gasteiger partial charge in [-0.2, -0.15) is 0 Å². The Morgan fingerprint density at radius 3 is 2.64 bits per heavy atom. The minimum atomic E-state index is -1.17. The molecular weight excluding hydrogens is 314 g/mol. The van der Waals surface area contributed by atoms with Crippen LogP contribution >= 0.6 is 12.4 Å². The normalized spacial score (nSPS) is 28.3. The predicted octanol–water partition coefficient (Wildman–Crippen LogP) is -0.888. The van der Waals surface area contributed by atoms with Gasteiger partial charge < -0.3 is 20.1 Å². The molecule has 3 N–H and O–H groups in total. The van der Waals surface area contributed by atoms with Gasteiger partial charge in [0.1, 0.15) is 24.6 Å². The first-order valence-corrected chi connectivity index (χ1v) is 6.47. The van der Waals surface area contributed by atoms with Crippen LogP contribution in [0.3, 0.4) is 0 Å². The van der Waals surface area contributed by atoms with Crippen molar-refractivity contribution in [2.45, 2.75) is 24.5 Å². The van der Waals surface area contributed by atoms with Crippen LogP contribution in [0.2, 0.25) is 0 Å². The fraction of sp³-hybridized carbons (Fsp3) is 0.417. The van der Waals surface area contributed by atoms with Crippen molar-refractivity contribution in [1.82, 2.24) is 23.9 Å². The highest BCUT2D eigenvalue weighted by Gasteiger charge is 2.43. The summed E-state index contributed by atoms with van der Waals surface area (Å²) in [6.07, 6.45) is 2.45. The number of ether oxygens (including phenoxy) is 1. The molecule has 4 atom stereocenters. The predicted molar refractivity (Wildman–Crippen MR) is 76.5 cm³/mol. The van der Waals surface area contributed by atoms with Gasteiger partial charge in [-0.05, 0) is 0 Å². The second kappa shape index (κ2) is 5.45. The van der Waals surface area contributed by atoms with Gasteiger partial charge in [0.15, 0.2) is 23.0 Å². The number of nitrogens with zero attached hydrogens (tertiary/aromatic N) is 5. The number of hydrogen-bond donors (Lipinski definition) is 3. The van der Waals surface area contributed by atoms with Crippen LogP contribution in [-0.2, 0) is 4.74 Å². The number of aromatic nitrogens is 5. The van der Waals surface area contributed by atoms with E-state index in [1.165, 1.54) is 10.9 Å². The van der Waals surface area contributed by atoms with Crippen molar-refractivity contribution in [2.24, 2.45) is 0 Å². The van der Waals surface area contributed by atoms with Crippen molar-refractivity contribution < 1.29 is 20.1 Å². The minimum Gasteiger partial charge on any atom is -0.394 e. The molecule has 1 fully saturated rings. The van der Waals surface area contributed by atoms with Gasteiger partial charge in [-0.25, -0.2) is 15.0 Å². The van der Waals surface area contributed by atoms with Crippen LogP contribution in [-0.4, -0.2) is 64.2 Å². The van der Waals surface area contributed by atoms with Crippen molar-refractivity contribution in [2.75, 3.05) is 6.61 Å². The molecule has 22 heavy (non-hydrogen) atoms. The maximum Gasteiger partial charge on any atom is 0.167 e. The highest BCUT2D eigenvalue weighted by molar-refractivity contribution is 5.85. The number of rotatable bonds is 2. The third-order valence-corrected chi connectivity index (χ3v) is 3.74. The highest BCUT2D eigenvalue weighted by atomic mass is 35.5. The molecule has 0 aliphatic carbocycles. The van der Waals surface area contributed by atoms with E-state index in [2.05, 4.69) is 15.0 Å². The van der Waals surface area contributed by atoms with Gasteiger partial charge >= 0.3 is 0 Å². The number of halogens is 1. The van der Waals surface area contributed by atoms with Gasteiger partial charge in [0.05, 0.1) is 12.9 Å². The van der Waals surface area contributed by atoms with E-state index in [1.807, 2.05) is 0 Å². The lowest BCUT2D eigenvalue weighted by Crippen LogP contribution is -2.33. The molecule has 3 aromatic heterocycles. The van der Waals surface area contributed by atoms with E-state index in [0.29, 0.717) is 16.8 Å². The number of aliphatic hydroxyl groups excluding tert-OH is 3. The van der Waals surface area contributed by atoms with Crippen LogP contribution in [0.25, 0.3) is 16.8 Å². The Balaban J connectivity index is 0.00000144. The molecule has 3 aromatic rings. The second-order valence-electron chi connectivity index (χ2n) is 4.96. The summed E-state index contributed by atoms with van der Waals surface area (Å²) < 4.78 is 8.76. The Bertz CT molecular complexity index is 805. The Labute approximate surface area is 130 Å². The van der Waals surface area contributed by atoms with Crippen LogP contribution in [0, 0.1) is 0 Å². The lowest BCUT2D eigenvalue weighted by Gasteiger charge is -2.16. The zero-order valence-corrected chi connectivity index (χ0v) is 12.0. The van der Waals surface area contributed by atoms with E-state index in [-0.39, 0.29) is 19.0 Å². The summed E-state index contributed by atoms with van der Waals surface area (Å²) in [5, 5.41) is 29.1. The third kappa shape index (κ3) is 1.98. The number of aliphatic hydroxyl groups is 3. The van der Waals surface area contributed by atoms with Gasteiger partial charge in [-0.15, -0.1) is 12.4 Å². The Hall–Kier alpha value is -1.78. The van der Waals surface area contributed by atoms with Gasteiger partial charge in [0, 0.05) is 12.4 Å². The lowest BCUT2D eigenvalue weighted by molar-refractivity contribution is -0.0511. The summed E-state index contributed by atoms with van der Waals surface area (Å²) in [6, 6.07) is 0. The summed E-state index contributed by atoms with van der Waals surface area (Å²) in [5.41, 5.74) is 1.70. The average Bonchev–Trinajstić information content (AvgIpc) is 3.17. The van der Waals surface area contributed by atoms with Crippen LogP contribution in [0.1, 0.15) is 6.23 Å². The fourth-order valence-electron chi connectivity index (χ4n) is 2.64. The standard InChI is InChI=1S/C12H13N5O4.ClH/c18-3-6-8(19)9(20)12(21-6)17-5-14-7-10-13-1-2-16(10)4-15-11(7)17;/h1-2,4-6,8-9,12,18-20H,3H2;1H. The molecule has 0 spiro atoms. The molecular formula is C12H14ClN5O4. The van der Waals surface area contributed by atoms with E-state index in [9.17, 15) is 10.2 Å². The van der Waals surface area contributed by atoms with Crippen molar-refractivity contribution in [3.8, 4) is 0 Å². The minimum absolute atomic E-state index is 0. The summed E-state index contributed by atoms with van der Waals surface area (Å²) in [6.45, 7) is -0.376. The SMILES string of the molecule is Cl.OCC1OC(n2cnc3c2ncn2ccnc32)C(O)C1O. The molecule has 0 aromatic carbocycles. The van der Waals surface area contributed by atoms with Crippen LogP contribution in [0.4, 0.5) is 0 Å². The Kier molecular flexibility index (Phi) is 3.75. The number of fused-ring (bicyclic) bond motifs is 3. The zero-order chi connectivity index (χ0) is 14.6. The van der Waals surface area contributed by atoms with E-state index in [1.54, 1.807) is 23.1 Å². The van der Waals surface area contributed by atoms with Gasteiger partial charge in [0.2, 0.25) is 0 Å². The maximum absolute atomic E-state index is 10.1. The lowest BCUT2D eigenvalue weighted by atomic mass is 10.1. The molecule has 118 valence electrons. The highest BCUT2D eigenvalue weighted by Crippen LogP contribution is 2.31. The topological polar surface area (TPSA) is 118 Å². The fourth-order valence-corrected chi connectivity index (χ4v) is 2.64. The van der Waals surface area contributed by atoms with Crippen LogP contribution in [0.5, 0.6) is 0 Å². The van der Waals surface area contributed by atoms with Crippen molar-refractivity contribution in [3.63, 3.8) is 0 Å². The maximum atomic E-state index is 10.1. The largest absolute Gasteiger partial charge is 0.394 e. The third-order valence-electron chi connectivity index (χ3n) is 3.74. The molecule has 0 radical (unpaired) electrons. The molecule has 9 nitrogen and oxygen atoms in total. The van der Waals surface area contributed by atoms with Gasteiger partial charge in [-0.1, -0.05) is 0 Å². The Morgan fingerprint density at radius 2 is 1.91 bits per heavy atom. The molecule has 0 bridgehead atoms. The monoisotopic (exact) mass is 327 g/mol. The zero-order valence-electron chi connectivity index (χ0n) is 11.2. The quantitative estimate of drug-likeness (QED) is 0.559. The number of hydrogen-bond acceptors (Lipinski definition) is 7. The summed E-state index contributed by atoms with van der Waals surface area (Å²) in [4.78, 5) is 12.7. The summed E-state index contributed by atoms with van der Waals surface area (Å²) in [7, 11) is 0. The van der Waals surface area contributed by atoms with Crippen molar-refractivity contribution in [3.05, 3.63) is 25.0 Å². The first-order valence-electron chi connectivity index (χ1n) is 6.47. The van der Waals surface area contributed by atoms with E-state index in [0.717, 1.165) is 0 Å². The average molecular weight is 328 g/mol. The molecule has 0 saturated carbocycles. The van der Waals surface area contributed by atoms with Crippen LogP contribution in [0.15, 0.2) is 25.0 Å². The molecule has 0 amide bonds. The first-order chi connectivity index (χ1) is 10.2. The smallest absolute Gasteiger partial charge is 0.167 e. The number of imidazole rings is 2. The van der Waals surface area contributed by atoms with E-state index >= 15 is 0 Å². The van der Waals surface area contributed by atoms with Crippen LogP contribution < -0.4 is 0 Å². The first kappa shape index (κ1) is 15.1. The molecule has 4 heterocycles. The summed E-state index contributed by atoms with van der Waals surface area (Å²) >= 11 is 0. The van der Waals surface area contributed by atoms with Gasteiger partial charge in [-0.3, -0.25) is 8.97 Å². The molecule has 4 rings (SSSR count). The second-order valence-corrected chi connectivity index (χ2v) is 4.96. The van der Waals surface area contributed by atoms with E-state index in [4.69, 9.17) is 9.84 Å². The van der Waals surface area contributed by atoms with Crippen molar-refractivity contribution >= 4 is 29.2 Å². The molecule has 1 saturated heterocycles. The molecule has 1 aliphatic rings. The summed E-state index contributed by atoms with van der Waals surface area (Å²) in [5.74, 6) is 0. The van der Waals surface area contributed by atoms with Crippen molar-refractivity contribution in [1.29, 1.82) is 0 Å². The van der Waals surface area contributed by atoms with E-state index < -0.39 is 24.5 Å². The van der Waals surface area contributed by atoms with Gasteiger partial charge in [0.25, 0.3) is 0 Å². The molecule has 10 heteroatoms.